The molecule has 1 aromatic heterocycles. The lowest BCUT2D eigenvalue weighted by Crippen LogP contribution is -2.41. The van der Waals surface area contributed by atoms with Crippen molar-refractivity contribution in [2.75, 3.05) is 6.54 Å². The number of amides is 1. The van der Waals surface area contributed by atoms with Gasteiger partial charge in [-0.1, -0.05) is 27.7 Å². The van der Waals surface area contributed by atoms with Gasteiger partial charge in [-0.2, -0.15) is 0 Å². The standard InChI is InChI=1S/C18H31N3O3S/c1-12(2)15(9-14-10-25-11-20-14)17(22)19-8-6-5-7-16(18(23)24)21-13(3)4/h10-13,15-16,21H,5-9H2,1-4H3,(H,19,22)(H,23,24). The second kappa shape index (κ2) is 11.2. The van der Waals surface area contributed by atoms with Crippen molar-refractivity contribution in [3.8, 4) is 0 Å². The van der Waals surface area contributed by atoms with E-state index in [0.717, 1.165) is 18.5 Å². The highest BCUT2D eigenvalue weighted by molar-refractivity contribution is 7.07. The summed E-state index contributed by atoms with van der Waals surface area (Å²) in [7, 11) is 0. The van der Waals surface area contributed by atoms with Gasteiger partial charge in [-0.05, 0) is 25.2 Å². The van der Waals surface area contributed by atoms with Crippen molar-refractivity contribution in [2.45, 2.75) is 65.5 Å². The molecule has 0 saturated carbocycles. The van der Waals surface area contributed by atoms with Gasteiger partial charge in [-0.15, -0.1) is 11.3 Å². The van der Waals surface area contributed by atoms with E-state index >= 15 is 0 Å². The van der Waals surface area contributed by atoms with Crippen molar-refractivity contribution in [1.29, 1.82) is 0 Å². The molecule has 0 aliphatic heterocycles. The first kappa shape index (κ1) is 21.6. The second-order valence-corrected chi connectivity index (χ2v) is 7.75. The minimum absolute atomic E-state index is 0.0538. The van der Waals surface area contributed by atoms with E-state index in [0.29, 0.717) is 19.4 Å². The quantitative estimate of drug-likeness (QED) is 0.493. The number of rotatable bonds is 12. The van der Waals surface area contributed by atoms with E-state index in [1.807, 2.05) is 33.1 Å². The second-order valence-electron chi connectivity index (χ2n) is 7.03. The van der Waals surface area contributed by atoms with Gasteiger partial charge in [0.25, 0.3) is 0 Å². The summed E-state index contributed by atoms with van der Waals surface area (Å²) < 4.78 is 0. The summed E-state index contributed by atoms with van der Waals surface area (Å²) in [5.41, 5.74) is 2.75. The Morgan fingerprint density at radius 3 is 2.48 bits per heavy atom. The van der Waals surface area contributed by atoms with Crippen LogP contribution < -0.4 is 10.6 Å². The molecule has 2 atom stereocenters. The van der Waals surface area contributed by atoms with Gasteiger partial charge in [-0.25, -0.2) is 4.98 Å². The molecule has 0 bridgehead atoms. The minimum atomic E-state index is -0.819. The Hall–Kier alpha value is -1.47. The Bertz CT molecular complexity index is 518. The van der Waals surface area contributed by atoms with Gasteiger partial charge in [0, 0.05) is 30.3 Å². The fourth-order valence-corrected chi connectivity index (χ4v) is 3.26. The van der Waals surface area contributed by atoms with Crippen molar-refractivity contribution < 1.29 is 14.7 Å². The van der Waals surface area contributed by atoms with Crippen molar-refractivity contribution in [2.24, 2.45) is 11.8 Å². The maximum absolute atomic E-state index is 12.4. The molecule has 7 heteroatoms. The van der Waals surface area contributed by atoms with Crippen LogP contribution in [0.4, 0.5) is 0 Å². The van der Waals surface area contributed by atoms with E-state index in [2.05, 4.69) is 15.6 Å². The molecule has 2 unspecified atom stereocenters. The molecule has 0 fully saturated rings. The SMILES string of the molecule is CC(C)NC(CCCCNC(=O)C(Cc1cscn1)C(C)C)C(=O)O. The van der Waals surface area contributed by atoms with Gasteiger partial charge >= 0.3 is 5.97 Å². The van der Waals surface area contributed by atoms with E-state index in [1.54, 1.807) is 16.8 Å². The third-order valence-corrected chi connectivity index (χ3v) is 4.74. The largest absolute Gasteiger partial charge is 0.480 e. The third kappa shape index (κ3) is 8.45. The van der Waals surface area contributed by atoms with Crippen LogP contribution in [-0.4, -0.2) is 40.6 Å². The number of carboxylic acid groups (broad SMARTS) is 1. The van der Waals surface area contributed by atoms with E-state index in [9.17, 15) is 14.7 Å². The van der Waals surface area contributed by atoms with Crippen molar-refractivity contribution >= 4 is 23.2 Å². The Morgan fingerprint density at radius 2 is 1.96 bits per heavy atom. The lowest BCUT2D eigenvalue weighted by molar-refractivity contribution is -0.140. The molecule has 0 spiro atoms. The zero-order chi connectivity index (χ0) is 18.8. The normalized spacial score (nSPS) is 13.8. The average molecular weight is 370 g/mol. The van der Waals surface area contributed by atoms with E-state index < -0.39 is 12.0 Å². The molecule has 142 valence electrons. The van der Waals surface area contributed by atoms with Crippen LogP contribution >= 0.6 is 11.3 Å². The van der Waals surface area contributed by atoms with E-state index in [-0.39, 0.29) is 23.8 Å². The van der Waals surface area contributed by atoms with Gasteiger partial charge in [0.15, 0.2) is 0 Å². The molecule has 0 aliphatic carbocycles. The first-order chi connectivity index (χ1) is 11.8. The summed E-state index contributed by atoms with van der Waals surface area (Å²) >= 11 is 1.54. The van der Waals surface area contributed by atoms with Crippen LogP contribution in [-0.2, 0) is 16.0 Å². The summed E-state index contributed by atoms with van der Waals surface area (Å²) in [5.74, 6) is -0.608. The number of aromatic nitrogens is 1. The molecular weight excluding hydrogens is 338 g/mol. The molecule has 3 N–H and O–H groups in total. The number of carbonyl (C=O) groups excluding carboxylic acids is 1. The molecule has 1 amide bonds. The van der Waals surface area contributed by atoms with Gasteiger partial charge in [-0.3, -0.25) is 9.59 Å². The Balaban J connectivity index is 2.33. The number of hydrogen-bond acceptors (Lipinski definition) is 5. The number of unbranched alkanes of at least 4 members (excludes halogenated alkanes) is 1. The zero-order valence-corrected chi connectivity index (χ0v) is 16.4. The maximum Gasteiger partial charge on any atom is 0.320 e. The summed E-state index contributed by atoms with van der Waals surface area (Å²) in [5, 5.41) is 17.2. The number of carbonyl (C=O) groups is 2. The highest BCUT2D eigenvalue weighted by Gasteiger charge is 2.23. The summed E-state index contributed by atoms with van der Waals surface area (Å²) in [4.78, 5) is 27.9. The molecule has 0 saturated heterocycles. The van der Waals surface area contributed by atoms with Crippen LogP contribution in [0.3, 0.4) is 0 Å². The van der Waals surface area contributed by atoms with Gasteiger partial charge in [0.1, 0.15) is 6.04 Å². The fraction of sp³-hybridized carbons (Fsp3) is 0.722. The molecule has 1 rings (SSSR count). The molecule has 0 aliphatic rings. The fourth-order valence-electron chi connectivity index (χ4n) is 2.69. The number of aliphatic carboxylic acids is 1. The summed E-state index contributed by atoms with van der Waals surface area (Å²) in [6.07, 6.45) is 2.76. The lowest BCUT2D eigenvalue weighted by Gasteiger charge is -2.20. The van der Waals surface area contributed by atoms with Gasteiger partial charge in [0.2, 0.25) is 5.91 Å². The molecule has 6 nitrogen and oxygen atoms in total. The molecule has 0 aromatic carbocycles. The van der Waals surface area contributed by atoms with Crippen LogP contribution in [0.5, 0.6) is 0 Å². The van der Waals surface area contributed by atoms with Crippen molar-refractivity contribution in [1.82, 2.24) is 15.6 Å². The Kier molecular flexibility index (Phi) is 9.67. The van der Waals surface area contributed by atoms with Crippen LogP contribution in [0.25, 0.3) is 0 Å². The number of carboxylic acids is 1. The van der Waals surface area contributed by atoms with Crippen molar-refractivity contribution in [3.63, 3.8) is 0 Å². The number of hydrogen-bond donors (Lipinski definition) is 3. The summed E-state index contributed by atoms with van der Waals surface area (Å²) in [6.45, 7) is 8.54. The predicted molar refractivity (Wildman–Crippen MR) is 101 cm³/mol. The minimum Gasteiger partial charge on any atom is -0.480 e. The first-order valence-electron chi connectivity index (χ1n) is 8.94. The smallest absolute Gasteiger partial charge is 0.320 e. The average Bonchev–Trinajstić information content (AvgIpc) is 3.03. The summed E-state index contributed by atoms with van der Waals surface area (Å²) in [6, 6.07) is -0.387. The zero-order valence-electron chi connectivity index (χ0n) is 15.6. The molecule has 1 heterocycles. The molecule has 1 aromatic rings. The van der Waals surface area contributed by atoms with Crippen LogP contribution in [0, 0.1) is 11.8 Å². The predicted octanol–water partition coefficient (Wildman–Crippen LogP) is 2.70. The first-order valence-corrected chi connectivity index (χ1v) is 9.89. The van der Waals surface area contributed by atoms with E-state index in [1.165, 1.54) is 0 Å². The van der Waals surface area contributed by atoms with Crippen LogP contribution in [0.1, 0.15) is 52.7 Å². The molecule has 25 heavy (non-hydrogen) atoms. The number of nitrogens with zero attached hydrogens (tertiary/aromatic N) is 1. The highest BCUT2D eigenvalue weighted by atomic mass is 32.1. The topological polar surface area (TPSA) is 91.3 Å². The third-order valence-electron chi connectivity index (χ3n) is 4.11. The van der Waals surface area contributed by atoms with Gasteiger partial charge in [0.05, 0.1) is 11.2 Å². The van der Waals surface area contributed by atoms with Crippen LogP contribution in [0.15, 0.2) is 10.9 Å². The monoisotopic (exact) mass is 369 g/mol. The van der Waals surface area contributed by atoms with Crippen molar-refractivity contribution in [3.05, 3.63) is 16.6 Å². The molecular formula is C18H31N3O3S. The lowest BCUT2D eigenvalue weighted by atomic mass is 9.90. The number of thiazole rings is 1. The van der Waals surface area contributed by atoms with Crippen LogP contribution in [0.2, 0.25) is 0 Å². The molecule has 0 radical (unpaired) electrons. The maximum atomic E-state index is 12.4. The highest BCUT2D eigenvalue weighted by Crippen LogP contribution is 2.17. The number of nitrogens with one attached hydrogen (secondary N) is 2. The van der Waals surface area contributed by atoms with E-state index in [4.69, 9.17) is 0 Å². The van der Waals surface area contributed by atoms with Gasteiger partial charge < -0.3 is 15.7 Å². The Morgan fingerprint density at radius 1 is 1.24 bits per heavy atom. The Labute approximate surface area is 154 Å².